The van der Waals surface area contributed by atoms with Crippen molar-refractivity contribution in [3.8, 4) is 0 Å². The van der Waals surface area contributed by atoms with E-state index in [1.165, 1.54) is 11.4 Å². The van der Waals surface area contributed by atoms with Gasteiger partial charge in [-0.2, -0.15) is 0 Å². The van der Waals surface area contributed by atoms with Crippen molar-refractivity contribution in [3.63, 3.8) is 0 Å². The molecule has 2 heterocycles. The number of rotatable bonds is 3. The van der Waals surface area contributed by atoms with E-state index in [1.807, 2.05) is 0 Å². The molecule has 1 fully saturated rings. The molecule has 0 saturated carbocycles. The second kappa shape index (κ2) is 10.8. The third kappa shape index (κ3) is 6.18. The quantitative estimate of drug-likeness (QED) is 0.635. The predicted molar refractivity (Wildman–Crippen MR) is 119 cm³/mol. The molecule has 1 aromatic carbocycles. The number of para-hydroxylation sites is 2. The Morgan fingerprint density at radius 1 is 0.821 bits per heavy atom. The molecule has 3 rings (SSSR count). The Bertz CT molecular complexity index is 613. The largest absolute Gasteiger partial charge is 0.280 e. The van der Waals surface area contributed by atoms with Crippen LogP contribution in [0.3, 0.4) is 0 Å². The molecule has 2 aliphatic rings. The number of anilines is 2. The van der Waals surface area contributed by atoms with Gasteiger partial charge >= 0.3 is 130 Å². The first-order valence-corrected chi connectivity index (χ1v) is 14.7. The van der Waals surface area contributed by atoms with Gasteiger partial charge in [0.2, 0.25) is 0 Å². The Morgan fingerprint density at radius 3 is 1.46 bits per heavy atom. The molecule has 0 N–H and O–H groups in total. The van der Waals surface area contributed by atoms with Crippen molar-refractivity contribution in [1.29, 1.82) is 0 Å². The molecule has 0 spiro atoms. The van der Waals surface area contributed by atoms with Crippen LogP contribution in [0.2, 0.25) is 0 Å². The average Bonchev–Trinajstić information content (AvgIpc) is 2.87. The van der Waals surface area contributed by atoms with Crippen molar-refractivity contribution in [2.24, 2.45) is 3.33 Å². The van der Waals surface area contributed by atoms with Crippen molar-refractivity contribution in [2.75, 3.05) is 50.8 Å². The molecule has 0 amide bonds. The first-order chi connectivity index (χ1) is 13.1. The van der Waals surface area contributed by atoms with Gasteiger partial charge in [0.25, 0.3) is 0 Å². The second-order valence-corrected chi connectivity index (χ2v) is 13.1. The molecule has 0 bridgehead atoms. The summed E-state index contributed by atoms with van der Waals surface area (Å²) in [6.07, 6.45) is 0. The minimum absolute atomic E-state index is 0.0672. The van der Waals surface area contributed by atoms with E-state index in [0.29, 0.717) is 12.1 Å². The standard InChI is InChI=1S/C12H18BN3.C6H15N3.2ClH.Ti/c1-9(2)15-11-7-5-6-8-12(11)16(10(3)4)13(15)14;1-7-4-8(2)6-9(3)5-7;;;/h5-10H,1-4H3;4-6H2,1-3H3;2*1H;/q;;;;+2/p-2. The fourth-order valence-electron chi connectivity index (χ4n) is 3.96. The van der Waals surface area contributed by atoms with Crippen molar-refractivity contribution >= 4 is 37.1 Å². The van der Waals surface area contributed by atoms with E-state index < -0.39 is 15.6 Å². The molecule has 0 atom stereocenters. The molecule has 1 saturated heterocycles. The minimum atomic E-state index is -2.29. The summed E-state index contributed by atoms with van der Waals surface area (Å²) in [6, 6.07) is 9.11. The Kier molecular flexibility index (Phi) is 9.27. The summed E-state index contributed by atoms with van der Waals surface area (Å²) < 4.78 is 4.65. The van der Waals surface area contributed by atoms with Crippen LogP contribution in [0.25, 0.3) is 0 Å². The third-order valence-electron chi connectivity index (χ3n) is 4.71. The number of hydrogen-bond acceptors (Lipinski definition) is 6. The molecule has 10 heteroatoms. The fourth-order valence-corrected chi connectivity index (χ4v) is 5.34. The summed E-state index contributed by atoms with van der Waals surface area (Å²) in [6.45, 7) is 12.0. The summed E-state index contributed by atoms with van der Waals surface area (Å²) in [5.74, 6) is 0. The fraction of sp³-hybridized carbons (Fsp3) is 0.667. The normalized spacial score (nSPS) is 18.5. The van der Waals surface area contributed by atoms with E-state index in [2.05, 4.69) is 101 Å². The van der Waals surface area contributed by atoms with Gasteiger partial charge in [0.1, 0.15) is 0 Å². The zero-order valence-corrected chi connectivity index (χ0v) is 21.2. The molecular weight excluding hydrogens is 430 g/mol. The molecule has 0 aliphatic carbocycles. The van der Waals surface area contributed by atoms with E-state index in [0.717, 1.165) is 20.0 Å². The van der Waals surface area contributed by atoms with Crippen LogP contribution in [0.5, 0.6) is 0 Å². The minimum Gasteiger partial charge on any atom is -0.280 e. The Balaban J connectivity index is 0.000000261. The van der Waals surface area contributed by atoms with Crippen LogP contribution >= 0.6 is 18.6 Å². The number of benzene rings is 1. The van der Waals surface area contributed by atoms with E-state index in [4.69, 9.17) is 18.6 Å². The Hall–Kier alpha value is -0.141. The smallest absolute Gasteiger partial charge is 0.0523 e. The van der Waals surface area contributed by atoms with Crippen molar-refractivity contribution in [3.05, 3.63) is 24.3 Å². The first kappa shape index (κ1) is 24.1. The topological polar surface area (TPSA) is 28.6 Å². The maximum absolute atomic E-state index is 6.05. The summed E-state index contributed by atoms with van der Waals surface area (Å²) in [5.41, 5.74) is 2.43. The van der Waals surface area contributed by atoms with Crippen molar-refractivity contribution in [1.82, 2.24) is 14.7 Å². The molecule has 6 nitrogen and oxygen atoms in total. The maximum atomic E-state index is 6.05. The van der Waals surface area contributed by atoms with Gasteiger partial charge in [-0.05, 0) is 21.1 Å². The van der Waals surface area contributed by atoms with Gasteiger partial charge in [-0.25, -0.2) is 0 Å². The zero-order valence-electron chi connectivity index (χ0n) is 18.1. The van der Waals surface area contributed by atoms with Crippen LogP contribution in [-0.2, 0) is 15.6 Å². The van der Waals surface area contributed by atoms with Gasteiger partial charge in [-0.1, -0.05) is 0 Å². The van der Waals surface area contributed by atoms with Gasteiger partial charge in [0, 0.05) is 0 Å². The van der Waals surface area contributed by atoms with Crippen LogP contribution in [0.1, 0.15) is 27.7 Å². The SMILES string of the molecule is CC(C)N1B([N]=[Ti]([Cl])[Cl])N(C(C)C)c2ccccc21.CN1CN(C)CN(C)C1. The van der Waals surface area contributed by atoms with Crippen LogP contribution in [0, 0.1) is 0 Å². The van der Waals surface area contributed by atoms with Gasteiger partial charge in [-0.3, -0.25) is 14.7 Å². The average molecular weight is 463 g/mol. The third-order valence-corrected chi connectivity index (χ3v) is 6.18. The van der Waals surface area contributed by atoms with Gasteiger partial charge in [-0.15, -0.1) is 0 Å². The number of halogens is 2. The van der Waals surface area contributed by atoms with E-state index in [-0.39, 0.29) is 7.12 Å². The van der Waals surface area contributed by atoms with Crippen LogP contribution in [0.15, 0.2) is 27.6 Å². The van der Waals surface area contributed by atoms with Gasteiger partial charge in [0.05, 0.1) is 20.0 Å². The zero-order chi connectivity index (χ0) is 21.0. The van der Waals surface area contributed by atoms with Crippen molar-refractivity contribution in [2.45, 2.75) is 39.8 Å². The summed E-state index contributed by atoms with van der Waals surface area (Å²) in [7, 11) is 18.4. The van der Waals surface area contributed by atoms with E-state index >= 15 is 0 Å². The molecule has 28 heavy (non-hydrogen) atoms. The second-order valence-electron chi connectivity index (χ2n) is 8.20. The summed E-state index contributed by atoms with van der Waals surface area (Å²) in [5, 5.41) is 0. The predicted octanol–water partition coefficient (Wildman–Crippen LogP) is 3.89. The van der Waals surface area contributed by atoms with Crippen LogP contribution in [-0.4, -0.2) is 75.1 Å². The van der Waals surface area contributed by atoms with Gasteiger partial charge in [0.15, 0.2) is 0 Å². The van der Waals surface area contributed by atoms with Crippen molar-refractivity contribution < 1.29 is 15.6 Å². The van der Waals surface area contributed by atoms with Crippen LogP contribution < -0.4 is 9.62 Å². The first-order valence-electron chi connectivity index (χ1n) is 9.72. The van der Waals surface area contributed by atoms with Gasteiger partial charge < -0.3 is 0 Å². The summed E-state index contributed by atoms with van der Waals surface area (Å²) in [4.78, 5) is 11.4. The molecule has 156 valence electrons. The maximum Gasteiger partial charge on any atom is 0.0523 e. The molecule has 1 aromatic rings. The van der Waals surface area contributed by atoms with Crippen LogP contribution in [0.4, 0.5) is 11.4 Å². The van der Waals surface area contributed by atoms with E-state index in [1.54, 1.807) is 0 Å². The number of fused-ring (bicyclic) bond motifs is 1. The molecule has 0 unspecified atom stereocenters. The Morgan fingerprint density at radius 2 is 1.18 bits per heavy atom. The Labute approximate surface area is 184 Å². The molecule has 0 aromatic heterocycles. The van der Waals surface area contributed by atoms with E-state index in [9.17, 15) is 0 Å². The molecule has 0 radical (unpaired) electrons. The summed E-state index contributed by atoms with van der Waals surface area (Å²) >= 11 is -2.29. The number of hydrogen-bond donors (Lipinski definition) is 0. The molecular formula is C18H33BCl2N6Ti. The monoisotopic (exact) mass is 462 g/mol. The molecule has 2 aliphatic heterocycles. The number of nitrogens with zero attached hydrogens (tertiary/aromatic N) is 6.